The molecule has 1 nitrogen and oxygen atoms in total. The third-order valence-corrected chi connectivity index (χ3v) is 15.0. The summed E-state index contributed by atoms with van der Waals surface area (Å²) >= 11 is 0. The molecule has 4 saturated carbocycles. The van der Waals surface area contributed by atoms with Gasteiger partial charge in [0.25, 0.3) is 0 Å². The van der Waals surface area contributed by atoms with Gasteiger partial charge in [0.05, 0.1) is 11.1 Å². The third-order valence-electron chi connectivity index (χ3n) is 15.0. The number of benzene rings is 8. The summed E-state index contributed by atoms with van der Waals surface area (Å²) in [5, 5.41) is 2.51. The number of aryl methyl sites for hydroxylation is 1. The molecular weight excluding hydrogens is 711 g/mol. The highest BCUT2D eigenvalue weighted by Gasteiger charge is 2.52. The van der Waals surface area contributed by atoms with Gasteiger partial charge in [-0.3, -0.25) is 0 Å². The Balaban J connectivity index is 1.14. The first-order valence-corrected chi connectivity index (χ1v) is 21.9. The monoisotopic (exact) mass is 759 g/mol. The molecule has 0 N–H and O–H groups in total. The van der Waals surface area contributed by atoms with Crippen LogP contribution >= 0.6 is 0 Å². The second-order valence-corrected chi connectivity index (χ2v) is 18.4. The zero-order valence-corrected chi connectivity index (χ0v) is 33.8. The summed E-state index contributed by atoms with van der Waals surface area (Å²) in [6.45, 7) is 2.26. The van der Waals surface area contributed by atoms with Gasteiger partial charge in [0.15, 0.2) is 0 Å². The van der Waals surface area contributed by atoms with Crippen LogP contribution in [0.3, 0.4) is 0 Å². The van der Waals surface area contributed by atoms with E-state index in [0.29, 0.717) is 0 Å². The Labute approximate surface area is 349 Å². The molecule has 8 aromatic rings. The average molecular weight is 760 g/mol. The topological polar surface area (TPSA) is 3.24 Å². The van der Waals surface area contributed by atoms with E-state index in [0.717, 1.165) is 17.8 Å². The van der Waals surface area contributed by atoms with Gasteiger partial charge in [0.2, 0.25) is 0 Å². The highest BCUT2D eigenvalue weighted by Crippen LogP contribution is 2.62. The molecule has 0 radical (unpaired) electrons. The maximum atomic E-state index is 2.61. The molecule has 0 spiro atoms. The van der Waals surface area contributed by atoms with Gasteiger partial charge in [0, 0.05) is 16.9 Å². The predicted octanol–water partition coefficient (Wildman–Crippen LogP) is 15.1. The minimum Gasteiger partial charge on any atom is -0.310 e. The Morgan fingerprint density at radius 2 is 0.949 bits per heavy atom. The fourth-order valence-corrected chi connectivity index (χ4v) is 12.9. The highest BCUT2D eigenvalue weighted by atomic mass is 15.1. The van der Waals surface area contributed by atoms with Crippen LogP contribution in [0.4, 0.5) is 17.1 Å². The first-order chi connectivity index (χ1) is 29.1. The Kier molecular flexibility index (Phi) is 7.93. The summed E-state index contributed by atoms with van der Waals surface area (Å²) in [7, 11) is 0. The molecule has 286 valence electrons. The number of rotatable bonds is 7. The lowest BCUT2D eigenvalue weighted by molar-refractivity contribution is -0.00516. The molecule has 0 aliphatic heterocycles. The van der Waals surface area contributed by atoms with Crippen molar-refractivity contribution >= 4 is 27.8 Å². The van der Waals surface area contributed by atoms with Gasteiger partial charge in [-0.05, 0) is 166 Å². The second-order valence-electron chi connectivity index (χ2n) is 18.4. The first kappa shape index (κ1) is 34.8. The molecule has 8 aromatic carbocycles. The van der Waals surface area contributed by atoms with E-state index in [2.05, 4.69) is 200 Å². The number of anilines is 3. The van der Waals surface area contributed by atoms with E-state index in [9.17, 15) is 0 Å². The minimum atomic E-state index is -0.487. The standard InChI is InChI=1S/C58H49N/c1-39-15-8-11-24-50(39)53-32-43-16-9-10-17-44(43)33-56(53)59(48-23-14-22-47(34-48)57-36-40-29-41(37-57)31-42(30-40)38-57)49-27-28-52-51-25-12-13-26-54(51)58(55(52)35-49,45-18-4-2-5-19-45)46-20-6-3-7-21-46/h2-28,32-35,40-42H,29-31,36-38H2,1H3. The van der Waals surface area contributed by atoms with Crippen LogP contribution < -0.4 is 4.90 Å². The van der Waals surface area contributed by atoms with E-state index < -0.39 is 5.41 Å². The number of nitrogens with zero attached hydrogens (tertiary/aromatic N) is 1. The van der Waals surface area contributed by atoms with Crippen molar-refractivity contribution in [1.82, 2.24) is 0 Å². The summed E-state index contributed by atoms with van der Waals surface area (Å²) in [6, 6.07) is 71.4. The van der Waals surface area contributed by atoms with Gasteiger partial charge in [-0.25, -0.2) is 0 Å². The van der Waals surface area contributed by atoms with Gasteiger partial charge < -0.3 is 4.90 Å². The molecule has 0 heterocycles. The third kappa shape index (κ3) is 5.37. The van der Waals surface area contributed by atoms with Crippen molar-refractivity contribution in [2.24, 2.45) is 17.8 Å². The van der Waals surface area contributed by atoms with Crippen LogP contribution in [0.2, 0.25) is 0 Å². The molecule has 4 bridgehead atoms. The van der Waals surface area contributed by atoms with Crippen molar-refractivity contribution in [3.05, 3.63) is 221 Å². The van der Waals surface area contributed by atoms with E-state index in [1.165, 1.54) is 116 Å². The van der Waals surface area contributed by atoms with E-state index in [4.69, 9.17) is 0 Å². The second kappa shape index (κ2) is 13.4. The van der Waals surface area contributed by atoms with Gasteiger partial charge in [-0.2, -0.15) is 0 Å². The Morgan fingerprint density at radius 3 is 1.63 bits per heavy atom. The van der Waals surface area contributed by atoms with E-state index in [1.807, 2.05) is 0 Å². The van der Waals surface area contributed by atoms with E-state index >= 15 is 0 Å². The lowest BCUT2D eigenvalue weighted by Gasteiger charge is -2.57. The lowest BCUT2D eigenvalue weighted by atomic mass is 9.48. The fraction of sp³-hybridized carbons (Fsp3) is 0.207. The van der Waals surface area contributed by atoms with Crippen molar-refractivity contribution in [3.63, 3.8) is 0 Å². The summed E-state index contributed by atoms with van der Waals surface area (Å²) < 4.78 is 0. The molecule has 0 atom stereocenters. The molecule has 0 amide bonds. The molecule has 59 heavy (non-hydrogen) atoms. The van der Waals surface area contributed by atoms with Crippen LogP contribution in [0.1, 0.15) is 71.9 Å². The maximum Gasteiger partial charge on any atom is 0.0714 e. The molecule has 4 fully saturated rings. The Morgan fingerprint density at radius 1 is 0.407 bits per heavy atom. The van der Waals surface area contributed by atoms with Crippen molar-refractivity contribution in [1.29, 1.82) is 0 Å². The molecule has 1 heteroatoms. The fourth-order valence-electron chi connectivity index (χ4n) is 12.9. The Hall–Kier alpha value is -6.18. The summed E-state index contributed by atoms with van der Waals surface area (Å²) in [5.41, 5.74) is 16.6. The minimum absolute atomic E-state index is 0.286. The number of hydrogen-bond acceptors (Lipinski definition) is 1. The molecule has 0 saturated heterocycles. The summed E-state index contributed by atoms with van der Waals surface area (Å²) in [4.78, 5) is 2.61. The summed E-state index contributed by atoms with van der Waals surface area (Å²) in [5.74, 6) is 2.66. The quantitative estimate of drug-likeness (QED) is 0.156. The van der Waals surface area contributed by atoms with Crippen molar-refractivity contribution in [3.8, 4) is 22.3 Å². The van der Waals surface area contributed by atoms with Gasteiger partial charge in [-0.1, -0.05) is 152 Å². The largest absolute Gasteiger partial charge is 0.310 e. The number of fused-ring (bicyclic) bond motifs is 4. The van der Waals surface area contributed by atoms with Gasteiger partial charge in [0.1, 0.15) is 0 Å². The molecule has 5 aliphatic carbocycles. The molecule has 0 aromatic heterocycles. The smallest absolute Gasteiger partial charge is 0.0714 e. The van der Waals surface area contributed by atoms with Gasteiger partial charge >= 0.3 is 0 Å². The zero-order chi connectivity index (χ0) is 39.1. The van der Waals surface area contributed by atoms with Crippen LogP contribution in [-0.2, 0) is 10.8 Å². The normalized spacial score (nSPS) is 21.9. The van der Waals surface area contributed by atoms with E-state index in [-0.39, 0.29) is 5.41 Å². The van der Waals surface area contributed by atoms with Crippen molar-refractivity contribution in [2.45, 2.75) is 56.3 Å². The zero-order valence-electron chi connectivity index (χ0n) is 33.8. The first-order valence-electron chi connectivity index (χ1n) is 21.9. The van der Waals surface area contributed by atoms with Crippen LogP contribution in [-0.4, -0.2) is 0 Å². The molecule has 13 rings (SSSR count). The SMILES string of the molecule is Cc1ccccc1-c1cc2ccccc2cc1N(c1cccc(C23CC4CC(CC(C4)C2)C3)c1)c1ccc2c(c1)C(c1ccccc1)(c1ccccc1)c1ccccc1-2. The molecule has 0 unspecified atom stereocenters. The maximum absolute atomic E-state index is 2.61. The predicted molar refractivity (Wildman–Crippen MR) is 246 cm³/mol. The van der Waals surface area contributed by atoms with Crippen LogP contribution in [0.15, 0.2) is 188 Å². The highest BCUT2D eigenvalue weighted by molar-refractivity contribution is 5.99. The van der Waals surface area contributed by atoms with Crippen LogP contribution in [0.25, 0.3) is 33.0 Å². The van der Waals surface area contributed by atoms with Crippen molar-refractivity contribution in [2.75, 3.05) is 4.90 Å². The van der Waals surface area contributed by atoms with Crippen molar-refractivity contribution < 1.29 is 0 Å². The lowest BCUT2D eigenvalue weighted by Crippen LogP contribution is -2.48. The average Bonchev–Trinajstić information content (AvgIpc) is 3.57. The summed E-state index contributed by atoms with van der Waals surface area (Å²) in [6.07, 6.45) is 8.39. The molecule has 5 aliphatic rings. The van der Waals surface area contributed by atoms with Crippen LogP contribution in [0, 0.1) is 24.7 Å². The van der Waals surface area contributed by atoms with Crippen LogP contribution in [0.5, 0.6) is 0 Å². The Bertz CT molecular complexity index is 2810. The molecular formula is C58H49N. The van der Waals surface area contributed by atoms with Gasteiger partial charge in [-0.15, -0.1) is 0 Å². The van der Waals surface area contributed by atoms with E-state index in [1.54, 1.807) is 5.56 Å². The number of hydrogen-bond donors (Lipinski definition) is 0.